The fraction of sp³-hybridized carbons (Fsp3) is 0.235. The van der Waals surface area contributed by atoms with Gasteiger partial charge in [-0.2, -0.15) is 0 Å². The van der Waals surface area contributed by atoms with Crippen LogP contribution in [0.2, 0.25) is 0 Å². The first-order valence-corrected chi connectivity index (χ1v) is 7.91. The van der Waals surface area contributed by atoms with Crippen molar-refractivity contribution in [2.24, 2.45) is 0 Å². The third-order valence-corrected chi connectivity index (χ3v) is 4.21. The highest BCUT2D eigenvalue weighted by molar-refractivity contribution is 9.10. The molecule has 0 aromatic heterocycles. The summed E-state index contributed by atoms with van der Waals surface area (Å²) in [6.07, 6.45) is 3.57. The first-order valence-electron chi connectivity index (χ1n) is 7.12. The molecular weight excluding hydrogens is 328 g/mol. The zero-order chi connectivity index (χ0) is 14.7. The van der Waals surface area contributed by atoms with E-state index < -0.39 is 0 Å². The Labute approximate surface area is 132 Å². The zero-order valence-electron chi connectivity index (χ0n) is 11.7. The van der Waals surface area contributed by atoms with Gasteiger partial charge in [0.2, 0.25) is 5.91 Å². The van der Waals surface area contributed by atoms with Crippen LogP contribution in [0.15, 0.2) is 46.9 Å². The van der Waals surface area contributed by atoms with E-state index in [4.69, 9.17) is 0 Å². The lowest BCUT2D eigenvalue weighted by atomic mass is 10.1. The van der Waals surface area contributed by atoms with Crippen molar-refractivity contribution in [2.75, 3.05) is 17.2 Å². The van der Waals surface area contributed by atoms with Crippen LogP contribution in [0.5, 0.6) is 0 Å². The molecule has 1 aliphatic carbocycles. The number of hydrogen-bond acceptors (Lipinski definition) is 2. The van der Waals surface area contributed by atoms with Gasteiger partial charge >= 0.3 is 0 Å². The van der Waals surface area contributed by atoms with Gasteiger partial charge in [-0.05, 0) is 66.8 Å². The maximum absolute atomic E-state index is 11.9. The Morgan fingerprint density at radius 2 is 1.71 bits per heavy atom. The number of rotatable bonds is 4. The summed E-state index contributed by atoms with van der Waals surface area (Å²) in [6.45, 7) is 0.273. The lowest BCUT2D eigenvalue weighted by Crippen LogP contribution is -2.21. The van der Waals surface area contributed by atoms with E-state index in [9.17, 15) is 4.79 Å². The summed E-state index contributed by atoms with van der Waals surface area (Å²) in [5.41, 5.74) is 4.67. The molecule has 0 fully saturated rings. The molecule has 0 spiro atoms. The summed E-state index contributed by atoms with van der Waals surface area (Å²) < 4.78 is 0.997. The number of aryl methyl sites for hydroxylation is 2. The summed E-state index contributed by atoms with van der Waals surface area (Å²) in [4.78, 5) is 11.9. The van der Waals surface area contributed by atoms with Crippen molar-refractivity contribution >= 4 is 33.2 Å². The number of carbonyl (C=O) groups excluding carboxylic acids is 1. The molecule has 0 saturated carbocycles. The van der Waals surface area contributed by atoms with E-state index in [1.54, 1.807) is 0 Å². The average Bonchev–Trinajstić information content (AvgIpc) is 2.95. The number of hydrogen-bond donors (Lipinski definition) is 2. The van der Waals surface area contributed by atoms with Crippen LogP contribution in [0.3, 0.4) is 0 Å². The average molecular weight is 345 g/mol. The molecule has 0 radical (unpaired) electrons. The Morgan fingerprint density at radius 1 is 1.00 bits per heavy atom. The molecule has 2 aromatic carbocycles. The van der Waals surface area contributed by atoms with E-state index in [1.165, 1.54) is 24.0 Å². The van der Waals surface area contributed by atoms with Crippen LogP contribution in [0, 0.1) is 0 Å². The number of fused-ring (bicyclic) bond motifs is 1. The van der Waals surface area contributed by atoms with Crippen molar-refractivity contribution in [3.05, 3.63) is 58.1 Å². The van der Waals surface area contributed by atoms with Gasteiger partial charge in [-0.1, -0.05) is 22.0 Å². The van der Waals surface area contributed by atoms with E-state index in [1.807, 2.05) is 24.3 Å². The molecule has 21 heavy (non-hydrogen) atoms. The Hall–Kier alpha value is -1.81. The monoisotopic (exact) mass is 344 g/mol. The van der Waals surface area contributed by atoms with Crippen molar-refractivity contribution < 1.29 is 4.79 Å². The minimum Gasteiger partial charge on any atom is -0.376 e. The molecule has 0 saturated heterocycles. The molecule has 1 aliphatic rings. The summed E-state index contributed by atoms with van der Waals surface area (Å²) in [7, 11) is 0. The second-order valence-corrected chi connectivity index (χ2v) is 6.16. The minimum atomic E-state index is -0.0437. The quantitative estimate of drug-likeness (QED) is 0.880. The van der Waals surface area contributed by atoms with Crippen LogP contribution in [0.4, 0.5) is 11.4 Å². The summed E-state index contributed by atoms with van der Waals surface area (Å²) in [5, 5.41) is 6.05. The second-order valence-electron chi connectivity index (χ2n) is 5.25. The summed E-state index contributed by atoms with van der Waals surface area (Å²) in [6, 6.07) is 13.9. The van der Waals surface area contributed by atoms with Gasteiger partial charge in [-0.3, -0.25) is 4.79 Å². The largest absolute Gasteiger partial charge is 0.376 e. The molecule has 4 heteroatoms. The van der Waals surface area contributed by atoms with Gasteiger partial charge in [0, 0.05) is 15.8 Å². The normalized spacial score (nSPS) is 12.8. The van der Waals surface area contributed by atoms with Gasteiger partial charge in [0.05, 0.1) is 6.54 Å². The predicted molar refractivity (Wildman–Crippen MR) is 89.7 cm³/mol. The Bertz CT molecular complexity index is 652. The van der Waals surface area contributed by atoms with Gasteiger partial charge in [0.25, 0.3) is 0 Å². The van der Waals surface area contributed by atoms with Crippen LogP contribution < -0.4 is 10.6 Å². The maximum Gasteiger partial charge on any atom is 0.243 e. The van der Waals surface area contributed by atoms with Gasteiger partial charge in [-0.15, -0.1) is 0 Å². The molecule has 2 N–H and O–H groups in total. The number of carbonyl (C=O) groups is 1. The zero-order valence-corrected chi connectivity index (χ0v) is 13.2. The fourth-order valence-electron chi connectivity index (χ4n) is 2.60. The number of benzene rings is 2. The number of halogens is 1. The molecule has 0 heterocycles. The highest BCUT2D eigenvalue weighted by atomic mass is 79.9. The molecule has 3 nitrogen and oxygen atoms in total. The molecule has 3 rings (SSSR count). The van der Waals surface area contributed by atoms with Gasteiger partial charge in [0.1, 0.15) is 0 Å². The van der Waals surface area contributed by atoms with Crippen molar-refractivity contribution in [1.29, 1.82) is 0 Å². The molecule has 0 atom stereocenters. The van der Waals surface area contributed by atoms with Gasteiger partial charge in [0.15, 0.2) is 0 Å². The number of amides is 1. The second kappa shape index (κ2) is 6.31. The Morgan fingerprint density at radius 3 is 2.52 bits per heavy atom. The number of anilines is 2. The molecule has 0 bridgehead atoms. The first-order chi connectivity index (χ1) is 10.2. The highest BCUT2D eigenvalue weighted by Gasteiger charge is 2.11. The predicted octanol–water partition coefficient (Wildman–Crippen LogP) is 3.99. The standard InChI is InChI=1S/C17H17BrN2O/c18-14-5-8-15(9-6-14)20-17(21)11-19-16-7-4-12-2-1-3-13(12)10-16/h4-10,19H,1-3,11H2,(H,20,21). The topological polar surface area (TPSA) is 41.1 Å². The molecule has 0 aliphatic heterocycles. The van der Waals surface area contributed by atoms with Crippen molar-refractivity contribution in [3.63, 3.8) is 0 Å². The Kier molecular flexibility index (Phi) is 4.25. The first kappa shape index (κ1) is 14.1. The number of nitrogens with one attached hydrogen (secondary N) is 2. The van der Waals surface area contributed by atoms with Gasteiger partial charge in [-0.25, -0.2) is 0 Å². The summed E-state index contributed by atoms with van der Waals surface area (Å²) in [5.74, 6) is -0.0437. The molecule has 1 amide bonds. The van der Waals surface area contributed by atoms with Gasteiger partial charge < -0.3 is 10.6 Å². The molecule has 2 aromatic rings. The third kappa shape index (κ3) is 3.64. The summed E-state index contributed by atoms with van der Waals surface area (Å²) >= 11 is 3.37. The van der Waals surface area contributed by atoms with E-state index in [0.29, 0.717) is 0 Å². The minimum absolute atomic E-state index is 0.0437. The van der Waals surface area contributed by atoms with Crippen LogP contribution in [-0.4, -0.2) is 12.5 Å². The molecule has 0 unspecified atom stereocenters. The van der Waals surface area contributed by atoms with Crippen LogP contribution in [0.25, 0.3) is 0 Å². The van der Waals surface area contributed by atoms with Crippen LogP contribution >= 0.6 is 15.9 Å². The lowest BCUT2D eigenvalue weighted by molar-refractivity contribution is -0.114. The van der Waals surface area contributed by atoms with E-state index in [0.717, 1.165) is 22.3 Å². The third-order valence-electron chi connectivity index (χ3n) is 3.68. The lowest BCUT2D eigenvalue weighted by Gasteiger charge is -2.09. The smallest absolute Gasteiger partial charge is 0.243 e. The van der Waals surface area contributed by atoms with Crippen molar-refractivity contribution in [1.82, 2.24) is 0 Å². The highest BCUT2D eigenvalue weighted by Crippen LogP contribution is 2.24. The van der Waals surface area contributed by atoms with Crippen LogP contribution in [0.1, 0.15) is 17.5 Å². The molecular formula is C17H17BrN2O. The Balaban J connectivity index is 1.55. The molecule has 108 valence electrons. The van der Waals surface area contributed by atoms with E-state index >= 15 is 0 Å². The van der Waals surface area contributed by atoms with Crippen molar-refractivity contribution in [3.8, 4) is 0 Å². The van der Waals surface area contributed by atoms with Crippen LogP contribution in [-0.2, 0) is 17.6 Å². The fourth-order valence-corrected chi connectivity index (χ4v) is 2.87. The maximum atomic E-state index is 11.9. The van der Waals surface area contributed by atoms with E-state index in [-0.39, 0.29) is 12.5 Å². The van der Waals surface area contributed by atoms with Crippen molar-refractivity contribution in [2.45, 2.75) is 19.3 Å². The van der Waals surface area contributed by atoms with E-state index in [2.05, 4.69) is 44.8 Å². The SMILES string of the molecule is O=C(CNc1ccc2c(c1)CCC2)Nc1ccc(Br)cc1.